The molecule has 338 valence electrons. The molecule has 0 amide bonds. The number of phosphoric acid groups is 7. The Morgan fingerprint density at radius 1 is 0.357 bits per heavy atom. The molecule has 0 bridgehead atoms. The molecule has 8 N–H and O–H groups in total. The van der Waals surface area contributed by atoms with Gasteiger partial charge in [0.15, 0.2) is 0 Å². The van der Waals surface area contributed by atoms with E-state index >= 15 is 0 Å². The van der Waals surface area contributed by atoms with Gasteiger partial charge >= 0.3 is 54.8 Å². The number of halogens is 1. The molecule has 36 heteroatoms. The zero-order chi connectivity index (χ0) is 43.2. The molecular formula is C20H48FO28P7. The number of rotatable bonds is 37. The van der Waals surface area contributed by atoms with Gasteiger partial charge in [-0.3, -0.25) is 63.2 Å². The van der Waals surface area contributed by atoms with Crippen molar-refractivity contribution in [1.82, 2.24) is 0 Å². The van der Waals surface area contributed by atoms with Crippen LogP contribution in [0.3, 0.4) is 0 Å². The van der Waals surface area contributed by atoms with E-state index in [1.54, 1.807) is 13.8 Å². The Balaban J connectivity index is 4.23. The molecule has 0 saturated heterocycles. The van der Waals surface area contributed by atoms with Crippen LogP contribution in [0.1, 0.15) is 26.7 Å². The predicted octanol–water partition coefficient (Wildman–Crippen LogP) is 2.92. The summed E-state index contributed by atoms with van der Waals surface area (Å²) < 4.78 is 153. The monoisotopic (exact) mass is 972 g/mol. The molecule has 8 atom stereocenters. The number of alkyl halides is 1. The fraction of sp³-hybridized carbons (Fsp3) is 1.00. The number of phosphoric ester groups is 7. The zero-order valence-electron chi connectivity index (χ0n) is 29.7. The maximum absolute atomic E-state index is 12.6. The molecule has 0 aromatic rings. The lowest BCUT2D eigenvalue weighted by Crippen LogP contribution is -2.15. The number of hydrogen-bond acceptors (Lipinski definition) is 20. The molecule has 0 aliphatic carbocycles. The van der Waals surface area contributed by atoms with Crippen LogP contribution in [0.15, 0.2) is 0 Å². The first-order chi connectivity index (χ1) is 25.7. The molecule has 28 nitrogen and oxygen atoms in total. The van der Waals surface area contributed by atoms with Crippen LogP contribution in [0.5, 0.6) is 0 Å². The Hall–Kier alpha value is 0.700. The zero-order valence-corrected chi connectivity index (χ0v) is 36.0. The van der Waals surface area contributed by atoms with Crippen LogP contribution in [0.2, 0.25) is 0 Å². The lowest BCUT2D eigenvalue weighted by atomic mass is 10.1. The van der Waals surface area contributed by atoms with Gasteiger partial charge in [-0.2, -0.15) is 0 Å². The van der Waals surface area contributed by atoms with Crippen LogP contribution in [-0.4, -0.2) is 132 Å². The van der Waals surface area contributed by atoms with E-state index < -0.39 is 159 Å². The summed E-state index contributed by atoms with van der Waals surface area (Å²) in [6.07, 6.45) is 0.576. The average Bonchev–Trinajstić information content (AvgIpc) is 3.08. The van der Waals surface area contributed by atoms with E-state index in [1.165, 1.54) is 0 Å². The molecule has 0 spiro atoms. The van der Waals surface area contributed by atoms with Gasteiger partial charge in [-0.15, -0.1) is 0 Å². The fourth-order valence-corrected chi connectivity index (χ4v) is 7.61. The van der Waals surface area contributed by atoms with Gasteiger partial charge in [-0.05, 0) is 12.8 Å². The largest absolute Gasteiger partial charge is 0.472 e. The molecule has 0 saturated carbocycles. The number of hydrogen-bond donors (Lipinski definition) is 8. The summed E-state index contributed by atoms with van der Waals surface area (Å²) in [5.74, 6) is -1.33. The van der Waals surface area contributed by atoms with E-state index in [4.69, 9.17) is 9.79 Å². The van der Waals surface area contributed by atoms with E-state index in [-0.39, 0.29) is 6.42 Å². The molecule has 0 aromatic heterocycles. The minimum Gasteiger partial charge on any atom is -0.303 e. The first kappa shape index (κ1) is 56.7. The molecule has 0 heterocycles. The Morgan fingerprint density at radius 3 is 0.750 bits per heavy atom. The molecule has 8 unspecified atom stereocenters. The van der Waals surface area contributed by atoms with Crippen molar-refractivity contribution in [2.75, 3.05) is 92.6 Å². The maximum atomic E-state index is 12.6. The summed E-state index contributed by atoms with van der Waals surface area (Å²) >= 11 is 0. The molecule has 0 aliphatic heterocycles. The molecule has 56 heavy (non-hydrogen) atoms. The third kappa shape index (κ3) is 32.5. The second-order valence-electron chi connectivity index (χ2n) is 10.2. The van der Waals surface area contributed by atoms with E-state index in [9.17, 15) is 65.7 Å². The smallest absolute Gasteiger partial charge is 0.303 e. The van der Waals surface area contributed by atoms with Crippen LogP contribution in [0.4, 0.5) is 4.39 Å². The van der Waals surface area contributed by atoms with E-state index in [2.05, 4.69) is 58.8 Å². The summed E-state index contributed by atoms with van der Waals surface area (Å²) in [5, 5.41) is 0. The van der Waals surface area contributed by atoms with Gasteiger partial charge in [0.1, 0.15) is 0 Å². The van der Waals surface area contributed by atoms with Gasteiger partial charge in [0.25, 0.3) is 0 Å². The normalized spacial score (nSPS) is 20.1. The summed E-state index contributed by atoms with van der Waals surface area (Å²) in [6.45, 7) is -6.99. The lowest BCUT2D eigenvalue weighted by molar-refractivity contribution is 0.0716. The van der Waals surface area contributed by atoms with Gasteiger partial charge in [-0.1, -0.05) is 13.8 Å². The van der Waals surface area contributed by atoms with Crippen LogP contribution >= 0.6 is 54.8 Å². The SMILES string of the molecule is CCC(CF)COP(=O)(O)OCCOP(=O)(O)OCCOP(=O)(O)OCCOP(=O)(O)OCCOP(=O)(O)OCCOP(=O)(O)OCC(CC)COP(=O)(O)O. The van der Waals surface area contributed by atoms with Crippen molar-refractivity contribution in [3.8, 4) is 0 Å². The van der Waals surface area contributed by atoms with E-state index in [0.29, 0.717) is 6.42 Å². The first-order valence-electron chi connectivity index (χ1n) is 15.6. The van der Waals surface area contributed by atoms with Crippen molar-refractivity contribution in [1.29, 1.82) is 0 Å². The van der Waals surface area contributed by atoms with Gasteiger partial charge in [-0.25, -0.2) is 32.0 Å². The maximum Gasteiger partial charge on any atom is 0.472 e. The highest BCUT2D eigenvalue weighted by Gasteiger charge is 2.29. The van der Waals surface area contributed by atoms with Crippen molar-refractivity contribution >= 4 is 54.8 Å². The van der Waals surface area contributed by atoms with Crippen molar-refractivity contribution < 1.29 is 134 Å². The van der Waals surface area contributed by atoms with Crippen molar-refractivity contribution in [3.63, 3.8) is 0 Å². The van der Waals surface area contributed by atoms with Crippen LogP contribution < -0.4 is 0 Å². The highest BCUT2D eigenvalue weighted by Crippen LogP contribution is 2.49. The lowest BCUT2D eigenvalue weighted by Gasteiger charge is -2.18. The van der Waals surface area contributed by atoms with Crippen molar-refractivity contribution in [2.24, 2.45) is 11.8 Å². The topological polar surface area (TPSA) is 401 Å². The Kier molecular flexibility index (Phi) is 28.0. The standard InChI is InChI=1S/C20H48FO28P7/c1-3-19(15-21)16-48-55(33,34)45-13-11-43-53(29,30)41-9-7-39-51(25,26)37-5-6-38-52(27,28)40-8-10-42-54(31,32)44-12-14-46-56(35,36)49-18-20(4-2)17-47-50(22,23)24/h19-20H,3-18H2,1-2H3,(H,25,26)(H,27,28)(H,29,30)(H,31,32)(H,33,34)(H,35,36)(H2,22,23,24). The quantitative estimate of drug-likeness (QED) is 0.0328. The van der Waals surface area contributed by atoms with Crippen molar-refractivity contribution in [3.05, 3.63) is 0 Å². The minimum absolute atomic E-state index is 0.244. The van der Waals surface area contributed by atoms with Gasteiger partial charge in [0.05, 0.1) is 92.6 Å². The second kappa shape index (κ2) is 27.6. The third-order valence-corrected chi connectivity index (χ3v) is 12.3. The summed E-state index contributed by atoms with van der Waals surface area (Å²) in [6, 6.07) is 0. The minimum atomic E-state index is -4.88. The summed E-state index contributed by atoms with van der Waals surface area (Å²) in [4.78, 5) is 75.1. The second-order valence-corrected chi connectivity index (χ2v) is 20.2. The highest BCUT2D eigenvalue weighted by atomic mass is 31.2. The average molecular weight is 972 g/mol. The van der Waals surface area contributed by atoms with Gasteiger partial charge < -0.3 is 39.1 Å². The highest BCUT2D eigenvalue weighted by molar-refractivity contribution is 7.49. The fourth-order valence-electron chi connectivity index (χ4n) is 2.91. The molecule has 0 rings (SSSR count). The molecule has 0 aromatic carbocycles. The summed E-state index contributed by atoms with van der Waals surface area (Å²) in [7, 11) is -33.5. The van der Waals surface area contributed by atoms with E-state index in [1.807, 2.05) is 0 Å². The first-order valence-corrected chi connectivity index (χ1v) is 26.1. The van der Waals surface area contributed by atoms with Crippen LogP contribution in [0.25, 0.3) is 0 Å². The van der Waals surface area contributed by atoms with Gasteiger partial charge in [0, 0.05) is 11.8 Å². The third-order valence-electron chi connectivity index (χ3n) is 5.76. The molecule has 0 aliphatic rings. The predicted molar refractivity (Wildman–Crippen MR) is 182 cm³/mol. The molecular weight excluding hydrogens is 924 g/mol. The molecule has 0 radical (unpaired) electrons. The van der Waals surface area contributed by atoms with Crippen LogP contribution in [-0.2, 0) is 90.8 Å². The van der Waals surface area contributed by atoms with E-state index in [0.717, 1.165) is 0 Å². The van der Waals surface area contributed by atoms with Crippen LogP contribution in [0, 0.1) is 11.8 Å². The molecule has 0 fully saturated rings. The Bertz CT molecular complexity index is 1440. The Morgan fingerprint density at radius 2 is 0.554 bits per heavy atom. The Labute approximate surface area is 320 Å². The van der Waals surface area contributed by atoms with Gasteiger partial charge in [0.2, 0.25) is 0 Å². The van der Waals surface area contributed by atoms with Crippen molar-refractivity contribution in [2.45, 2.75) is 26.7 Å². The summed E-state index contributed by atoms with van der Waals surface area (Å²) in [5.41, 5.74) is 0.